The number of hydrogen-bond donors (Lipinski definition) is 0. The fourth-order valence-electron chi connectivity index (χ4n) is 2.92. The number of ether oxygens (including phenoxy) is 1. The molecule has 0 aromatic heterocycles. The number of piperidine rings is 1. The van der Waals surface area contributed by atoms with Gasteiger partial charge in [0.15, 0.2) is 0 Å². The van der Waals surface area contributed by atoms with E-state index in [-0.39, 0.29) is 0 Å². The average Bonchev–Trinajstić information content (AvgIpc) is 2.36. The first kappa shape index (κ1) is 14.4. The number of hydrogen-bond acceptors (Lipinski definition) is 2. The van der Waals surface area contributed by atoms with Gasteiger partial charge in [-0.2, -0.15) is 0 Å². The second-order valence-electron chi connectivity index (χ2n) is 5.38. The summed E-state index contributed by atoms with van der Waals surface area (Å²) in [7, 11) is 3.97. The number of allylic oxidation sites excluding steroid dienone is 4. The molecule has 18 heavy (non-hydrogen) atoms. The van der Waals surface area contributed by atoms with Crippen molar-refractivity contribution in [2.24, 2.45) is 11.8 Å². The third-order valence-electron chi connectivity index (χ3n) is 4.02. The maximum atomic E-state index is 6.09. The van der Waals surface area contributed by atoms with Crippen LogP contribution in [0.3, 0.4) is 0 Å². The van der Waals surface area contributed by atoms with Crippen LogP contribution in [0.1, 0.15) is 19.3 Å². The van der Waals surface area contributed by atoms with Crippen molar-refractivity contribution in [2.75, 3.05) is 27.2 Å². The molecule has 0 N–H and O–H groups in total. The summed E-state index contributed by atoms with van der Waals surface area (Å²) >= 11 is 12.1. The highest BCUT2D eigenvalue weighted by Gasteiger charge is 2.29. The smallest absolute Gasteiger partial charge is 0.0726 e. The Morgan fingerprint density at radius 3 is 2.83 bits per heavy atom. The number of halogens is 2. The van der Waals surface area contributed by atoms with Crippen LogP contribution in [0.25, 0.3) is 0 Å². The summed E-state index contributed by atoms with van der Waals surface area (Å²) in [6.07, 6.45) is 7.83. The van der Waals surface area contributed by atoms with Gasteiger partial charge in [0.2, 0.25) is 0 Å². The zero-order valence-corrected chi connectivity index (χ0v) is 12.5. The fraction of sp³-hybridized carbons (Fsp3) is 0.714. The number of likely N-dealkylation sites (N-methyl/N-ethyl adjacent to an activating group) is 1. The van der Waals surface area contributed by atoms with Crippen molar-refractivity contribution < 1.29 is 4.74 Å². The maximum absolute atomic E-state index is 6.09. The molecule has 0 radical (unpaired) electrons. The molecular weight excluding hydrogens is 269 g/mol. The second kappa shape index (κ2) is 6.42. The third kappa shape index (κ3) is 3.51. The monoisotopic (exact) mass is 289 g/mol. The van der Waals surface area contributed by atoms with Gasteiger partial charge in [0, 0.05) is 13.7 Å². The Kier molecular flexibility index (Phi) is 5.14. The molecule has 1 saturated heterocycles. The van der Waals surface area contributed by atoms with Crippen molar-refractivity contribution in [3.8, 4) is 0 Å². The Labute approximate surface area is 120 Å². The summed E-state index contributed by atoms with van der Waals surface area (Å²) in [5.74, 6) is 1.13. The lowest BCUT2D eigenvalue weighted by atomic mass is 9.83. The second-order valence-corrected chi connectivity index (χ2v) is 6.20. The summed E-state index contributed by atoms with van der Waals surface area (Å²) < 4.78 is 5.63. The summed E-state index contributed by atoms with van der Waals surface area (Å²) in [5.41, 5.74) is 0. The summed E-state index contributed by atoms with van der Waals surface area (Å²) in [4.78, 5) is 2.34. The Morgan fingerprint density at radius 1 is 1.39 bits per heavy atom. The molecule has 2 rings (SSSR count). The van der Waals surface area contributed by atoms with Crippen LogP contribution >= 0.6 is 23.2 Å². The first-order chi connectivity index (χ1) is 8.60. The van der Waals surface area contributed by atoms with Crippen molar-refractivity contribution in [1.29, 1.82) is 0 Å². The number of likely N-dealkylation sites (tertiary alicyclic amines) is 1. The van der Waals surface area contributed by atoms with E-state index in [1.54, 1.807) is 0 Å². The zero-order chi connectivity index (χ0) is 13.1. The molecule has 1 heterocycles. The molecule has 2 nitrogen and oxygen atoms in total. The SMILES string of the molecule is CO[C@@H]1CN(C)CC[C@@H]1C[C@@H]1C=C(Cl)C(Cl)=CC1. The van der Waals surface area contributed by atoms with Crippen molar-refractivity contribution >= 4 is 23.2 Å². The Balaban J connectivity index is 1.93. The molecule has 0 bridgehead atoms. The molecule has 1 fully saturated rings. The molecule has 2 aliphatic rings. The molecule has 1 aliphatic heterocycles. The van der Waals surface area contributed by atoms with E-state index in [1.165, 1.54) is 6.42 Å². The van der Waals surface area contributed by atoms with Crippen LogP contribution in [-0.2, 0) is 4.74 Å². The molecule has 4 heteroatoms. The summed E-state index contributed by atoms with van der Waals surface area (Å²) in [6.45, 7) is 2.19. The quantitative estimate of drug-likeness (QED) is 0.787. The highest BCUT2D eigenvalue weighted by Crippen LogP contribution is 2.34. The van der Waals surface area contributed by atoms with E-state index >= 15 is 0 Å². The highest BCUT2D eigenvalue weighted by atomic mass is 35.5. The number of methoxy groups -OCH3 is 1. The standard InChI is InChI=1S/C14H21Cl2NO/c1-17-6-5-11(14(9-17)18-2)7-10-3-4-12(15)13(16)8-10/h4,8,10-11,14H,3,5-7,9H2,1-2H3/t10-,11-,14-/m1/s1. The Morgan fingerprint density at radius 2 is 2.17 bits per heavy atom. The van der Waals surface area contributed by atoms with Crippen molar-refractivity contribution in [3.05, 3.63) is 22.2 Å². The van der Waals surface area contributed by atoms with Crippen LogP contribution in [0.2, 0.25) is 0 Å². The molecular formula is C14H21Cl2NO. The van der Waals surface area contributed by atoms with Gasteiger partial charge in [-0.1, -0.05) is 35.4 Å². The van der Waals surface area contributed by atoms with Crippen LogP contribution in [0.15, 0.2) is 22.2 Å². The minimum absolute atomic E-state index is 0.345. The zero-order valence-electron chi connectivity index (χ0n) is 11.0. The van der Waals surface area contributed by atoms with E-state index in [0.29, 0.717) is 28.0 Å². The van der Waals surface area contributed by atoms with E-state index in [4.69, 9.17) is 27.9 Å². The lowest BCUT2D eigenvalue weighted by Crippen LogP contribution is -2.43. The van der Waals surface area contributed by atoms with Gasteiger partial charge in [0.1, 0.15) is 0 Å². The Hall–Kier alpha value is -0.0200. The molecule has 3 atom stereocenters. The Bertz CT molecular complexity index is 354. The summed E-state index contributed by atoms with van der Waals surface area (Å²) in [5, 5.41) is 1.40. The molecule has 0 amide bonds. The fourth-order valence-corrected chi connectivity index (χ4v) is 3.32. The van der Waals surface area contributed by atoms with E-state index in [2.05, 4.69) is 18.0 Å². The maximum Gasteiger partial charge on any atom is 0.0726 e. The van der Waals surface area contributed by atoms with Gasteiger partial charge in [-0.15, -0.1) is 0 Å². The van der Waals surface area contributed by atoms with Crippen LogP contribution in [-0.4, -0.2) is 38.3 Å². The summed E-state index contributed by atoms with van der Waals surface area (Å²) in [6, 6.07) is 0. The minimum Gasteiger partial charge on any atom is -0.380 e. The third-order valence-corrected chi connectivity index (χ3v) is 4.80. The van der Waals surface area contributed by atoms with E-state index in [9.17, 15) is 0 Å². The number of nitrogens with zero attached hydrogens (tertiary/aromatic N) is 1. The van der Waals surface area contributed by atoms with E-state index in [0.717, 1.165) is 25.9 Å². The van der Waals surface area contributed by atoms with Crippen LogP contribution in [0.5, 0.6) is 0 Å². The topological polar surface area (TPSA) is 12.5 Å². The van der Waals surface area contributed by atoms with Crippen molar-refractivity contribution in [3.63, 3.8) is 0 Å². The van der Waals surface area contributed by atoms with Gasteiger partial charge in [0.25, 0.3) is 0 Å². The van der Waals surface area contributed by atoms with Gasteiger partial charge < -0.3 is 9.64 Å². The van der Waals surface area contributed by atoms with Gasteiger partial charge >= 0.3 is 0 Å². The first-order valence-corrected chi connectivity index (χ1v) is 7.30. The minimum atomic E-state index is 0.345. The predicted molar refractivity (Wildman–Crippen MR) is 77.0 cm³/mol. The first-order valence-electron chi connectivity index (χ1n) is 6.55. The van der Waals surface area contributed by atoms with Crippen molar-refractivity contribution in [2.45, 2.75) is 25.4 Å². The van der Waals surface area contributed by atoms with Gasteiger partial charge in [0.05, 0.1) is 16.2 Å². The lowest BCUT2D eigenvalue weighted by Gasteiger charge is -2.37. The molecule has 0 aromatic rings. The van der Waals surface area contributed by atoms with Crippen LogP contribution in [0.4, 0.5) is 0 Å². The van der Waals surface area contributed by atoms with Crippen LogP contribution in [0, 0.1) is 11.8 Å². The molecule has 0 aromatic carbocycles. The van der Waals surface area contributed by atoms with E-state index < -0.39 is 0 Å². The predicted octanol–water partition coefficient (Wildman–Crippen LogP) is 3.61. The van der Waals surface area contributed by atoms with Gasteiger partial charge in [-0.05, 0) is 44.7 Å². The van der Waals surface area contributed by atoms with Crippen molar-refractivity contribution in [1.82, 2.24) is 4.90 Å². The molecule has 102 valence electrons. The molecule has 0 unspecified atom stereocenters. The highest BCUT2D eigenvalue weighted by molar-refractivity contribution is 6.44. The van der Waals surface area contributed by atoms with Gasteiger partial charge in [-0.3, -0.25) is 0 Å². The van der Waals surface area contributed by atoms with Gasteiger partial charge in [-0.25, -0.2) is 0 Å². The van der Waals surface area contributed by atoms with Crippen LogP contribution < -0.4 is 0 Å². The number of rotatable bonds is 3. The normalized spacial score (nSPS) is 34.1. The molecule has 0 spiro atoms. The lowest BCUT2D eigenvalue weighted by molar-refractivity contribution is -0.00984. The molecule has 1 aliphatic carbocycles. The largest absolute Gasteiger partial charge is 0.380 e. The van der Waals surface area contributed by atoms with E-state index in [1.807, 2.05) is 13.2 Å². The molecule has 0 saturated carbocycles. The average molecular weight is 290 g/mol.